The zero-order chi connectivity index (χ0) is 29.7. The smallest absolute Gasteiger partial charge is 0.411 e. The molecule has 0 saturated heterocycles. The van der Waals surface area contributed by atoms with E-state index in [2.05, 4.69) is 25.4 Å². The van der Waals surface area contributed by atoms with Crippen molar-refractivity contribution in [2.24, 2.45) is 0 Å². The average Bonchev–Trinajstić information content (AvgIpc) is 2.96. The van der Waals surface area contributed by atoms with Crippen molar-refractivity contribution in [2.45, 2.75) is 18.4 Å². The van der Waals surface area contributed by atoms with Crippen molar-refractivity contribution in [1.82, 2.24) is 5.32 Å². The SMILES string of the molecule is COC(=O)Nc1ccc(C(CCNC[C@@H](COc2ccccc2)OS(=O)(=O)O)c2ccc(NC(=O)OC)cc2)cc1. The summed E-state index contributed by atoms with van der Waals surface area (Å²) in [4.78, 5) is 23.1. The highest BCUT2D eigenvalue weighted by molar-refractivity contribution is 7.80. The molecule has 3 aromatic carbocycles. The third-order valence-electron chi connectivity index (χ3n) is 5.91. The Hall–Kier alpha value is -4.17. The summed E-state index contributed by atoms with van der Waals surface area (Å²) in [7, 11) is -2.13. The zero-order valence-electron chi connectivity index (χ0n) is 22.6. The van der Waals surface area contributed by atoms with Crippen LogP contribution in [-0.2, 0) is 24.1 Å². The molecule has 13 heteroatoms. The second-order valence-corrected chi connectivity index (χ2v) is 9.84. The van der Waals surface area contributed by atoms with Gasteiger partial charge in [0.25, 0.3) is 0 Å². The number of rotatable bonds is 14. The van der Waals surface area contributed by atoms with Gasteiger partial charge in [-0.15, -0.1) is 0 Å². The first kappa shape index (κ1) is 31.4. The summed E-state index contributed by atoms with van der Waals surface area (Å²) in [5.74, 6) is 0.426. The topological polar surface area (TPSA) is 162 Å². The summed E-state index contributed by atoms with van der Waals surface area (Å²) >= 11 is 0. The van der Waals surface area contributed by atoms with E-state index in [0.717, 1.165) is 11.1 Å². The van der Waals surface area contributed by atoms with E-state index < -0.39 is 28.7 Å². The molecular formula is C28H33N3O9S. The van der Waals surface area contributed by atoms with Crippen molar-refractivity contribution < 1.29 is 41.0 Å². The molecule has 0 aliphatic heterocycles. The maximum Gasteiger partial charge on any atom is 0.411 e. The molecule has 0 aromatic heterocycles. The molecule has 0 bridgehead atoms. The first-order valence-electron chi connectivity index (χ1n) is 12.6. The molecule has 0 radical (unpaired) electrons. The third kappa shape index (κ3) is 11.1. The van der Waals surface area contributed by atoms with Crippen LogP contribution >= 0.6 is 0 Å². The van der Waals surface area contributed by atoms with Crippen molar-refractivity contribution in [3.8, 4) is 5.75 Å². The summed E-state index contributed by atoms with van der Waals surface area (Å²) in [5, 5.41) is 8.41. The molecule has 220 valence electrons. The van der Waals surface area contributed by atoms with E-state index in [1.165, 1.54) is 14.2 Å². The quantitative estimate of drug-likeness (QED) is 0.157. The van der Waals surface area contributed by atoms with Crippen molar-refractivity contribution in [1.29, 1.82) is 0 Å². The van der Waals surface area contributed by atoms with Crippen LogP contribution < -0.4 is 20.7 Å². The van der Waals surface area contributed by atoms with Crippen molar-refractivity contribution in [3.05, 3.63) is 90.0 Å². The molecule has 4 N–H and O–H groups in total. The van der Waals surface area contributed by atoms with Gasteiger partial charge in [0.15, 0.2) is 0 Å². The van der Waals surface area contributed by atoms with E-state index in [4.69, 9.17) is 8.92 Å². The Kier molecular flexibility index (Phi) is 11.9. The highest BCUT2D eigenvalue weighted by atomic mass is 32.3. The number of methoxy groups -OCH3 is 2. The number of para-hydroxylation sites is 1. The molecule has 0 aliphatic rings. The van der Waals surface area contributed by atoms with Gasteiger partial charge in [0.05, 0.1) is 14.2 Å². The molecule has 1 atom stereocenters. The predicted molar refractivity (Wildman–Crippen MR) is 153 cm³/mol. The minimum atomic E-state index is -4.69. The first-order valence-corrected chi connectivity index (χ1v) is 14.0. The summed E-state index contributed by atoms with van der Waals surface area (Å²) in [6.45, 7) is 0.429. The van der Waals surface area contributed by atoms with Crippen LogP contribution in [0.2, 0.25) is 0 Å². The van der Waals surface area contributed by atoms with Crippen LogP contribution in [0.25, 0.3) is 0 Å². The van der Waals surface area contributed by atoms with Gasteiger partial charge in [-0.2, -0.15) is 8.42 Å². The third-order valence-corrected chi connectivity index (χ3v) is 6.42. The highest BCUT2D eigenvalue weighted by Gasteiger charge is 2.20. The summed E-state index contributed by atoms with van der Waals surface area (Å²) in [6, 6.07) is 23.4. The lowest BCUT2D eigenvalue weighted by molar-refractivity contribution is 0.118. The monoisotopic (exact) mass is 587 g/mol. The summed E-state index contributed by atoms with van der Waals surface area (Å²) in [5.41, 5.74) is 3.04. The van der Waals surface area contributed by atoms with Crippen LogP contribution in [0, 0.1) is 0 Å². The Bertz CT molecular complexity index is 1290. The molecule has 12 nitrogen and oxygen atoms in total. The van der Waals surface area contributed by atoms with E-state index in [1.54, 1.807) is 48.5 Å². The minimum Gasteiger partial charge on any atom is -0.491 e. The molecule has 2 amide bonds. The number of benzene rings is 3. The van der Waals surface area contributed by atoms with Crippen molar-refractivity contribution in [3.63, 3.8) is 0 Å². The second-order valence-electron chi connectivity index (χ2n) is 8.79. The molecule has 0 saturated carbocycles. The van der Waals surface area contributed by atoms with Gasteiger partial charge < -0.3 is 19.5 Å². The Labute approximate surface area is 238 Å². The van der Waals surface area contributed by atoms with Crippen LogP contribution in [0.4, 0.5) is 21.0 Å². The zero-order valence-corrected chi connectivity index (χ0v) is 23.4. The van der Waals surface area contributed by atoms with E-state index in [-0.39, 0.29) is 19.1 Å². The Morgan fingerprint density at radius 3 is 1.78 bits per heavy atom. The highest BCUT2D eigenvalue weighted by Crippen LogP contribution is 2.30. The van der Waals surface area contributed by atoms with Gasteiger partial charge >= 0.3 is 22.6 Å². The number of anilines is 2. The number of ether oxygens (including phenoxy) is 3. The lowest BCUT2D eigenvalue weighted by Crippen LogP contribution is -2.36. The Morgan fingerprint density at radius 1 is 0.805 bits per heavy atom. The molecule has 41 heavy (non-hydrogen) atoms. The number of hydrogen-bond donors (Lipinski definition) is 4. The van der Waals surface area contributed by atoms with Gasteiger partial charge in [0.1, 0.15) is 18.5 Å². The van der Waals surface area contributed by atoms with Crippen LogP contribution in [0.5, 0.6) is 5.75 Å². The first-order chi connectivity index (χ1) is 19.7. The fourth-order valence-corrected chi connectivity index (χ4v) is 4.44. The van der Waals surface area contributed by atoms with Gasteiger partial charge in [0.2, 0.25) is 0 Å². The number of carbonyl (C=O) groups is 2. The van der Waals surface area contributed by atoms with Gasteiger partial charge in [-0.05, 0) is 60.5 Å². The number of amides is 2. The van der Waals surface area contributed by atoms with E-state index >= 15 is 0 Å². The molecule has 3 rings (SSSR count). The fraction of sp³-hybridized carbons (Fsp3) is 0.286. The fourth-order valence-electron chi connectivity index (χ4n) is 3.97. The van der Waals surface area contributed by atoms with E-state index in [1.807, 2.05) is 30.3 Å². The number of hydrogen-bond acceptors (Lipinski definition) is 9. The van der Waals surface area contributed by atoms with E-state index in [0.29, 0.717) is 30.1 Å². The number of nitrogens with one attached hydrogen (secondary N) is 3. The predicted octanol–water partition coefficient (Wildman–Crippen LogP) is 4.42. The summed E-state index contributed by atoms with van der Waals surface area (Å²) in [6.07, 6.45) is -1.54. The van der Waals surface area contributed by atoms with Gasteiger partial charge in [0, 0.05) is 23.8 Å². The van der Waals surface area contributed by atoms with Gasteiger partial charge in [-0.3, -0.25) is 15.2 Å². The maximum atomic E-state index is 11.5. The second kappa shape index (κ2) is 15.6. The largest absolute Gasteiger partial charge is 0.491 e. The maximum absolute atomic E-state index is 11.5. The molecule has 0 unspecified atom stereocenters. The van der Waals surface area contributed by atoms with Crippen LogP contribution in [-0.4, -0.2) is 65.2 Å². The lowest BCUT2D eigenvalue weighted by atomic mass is 9.88. The molecule has 0 fully saturated rings. The normalized spacial score (nSPS) is 11.9. The minimum absolute atomic E-state index is 0.0866. The Balaban J connectivity index is 1.69. The molecule has 0 aliphatic carbocycles. The molecular weight excluding hydrogens is 554 g/mol. The lowest BCUT2D eigenvalue weighted by Gasteiger charge is -2.21. The summed E-state index contributed by atoms with van der Waals surface area (Å²) < 4.78 is 51.6. The van der Waals surface area contributed by atoms with Crippen molar-refractivity contribution >= 4 is 34.0 Å². The standard InChI is InChI=1S/C28H33N3O9S/c1-37-27(32)30-22-12-8-20(9-13-22)26(21-10-14-23(15-11-21)31-28(33)38-2)16-17-29-18-25(40-41(34,35)36)19-39-24-6-4-3-5-7-24/h3-15,25-26,29H,16-19H2,1-2H3,(H,30,32)(H,31,33)(H,34,35,36)/t25-/m0/s1. The van der Waals surface area contributed by atoms with Crippen LogP contribution in [0.1, 0.15) is 23.5 Å². The van der Waals surface area contributed by atoms with E-state index in [9.17, 15) is 22.6 Å². The van der Waals surface area contributed by atoms with Crippen LogP contribution in [0.3, 0.4) is 0 Å². The van der Waals surface area contributed by atoms with Gasteiger partial charge in [-0.1, -0.05) is 42.5 Å². The van der Waals surface area contributed by atoms with Crippen LogP contribution in [0.15, 0.2) is 78.9 Å². The molecule has 3 aromatic rings. The number of carbonyl (C=O) groups excluding carboxylic acids is 2. The molecule has 0 spiro atoms. The Morgan fingerprint density at radius 2 is 1.32 bits per heavy atom. The van der Waals surface area contributed by atoms with Gasteiger partial charge in [-0.25, -0.2) is 13.8 Å². The average molecular weight is 588 g/mol. The molecule has 0 heterocycles. The van der Waals surface area contributed by atoms with Crippen molar-refractivity contribution in [2.75, 3.05) is 44.5 Å².